The maximum absolute atomic E-state index is 14.5. The van der Waals surface area contributed by atoms with Gasteiger partial charge < -0.3 is 0 Å². The summed E-state index contributed by atoms with van der Waals surface area (Å²) in [6.45, 7) is 1.30. The predicted molar refractivity (Wildman–Crippen MR) is 89.9 cm³/mol. The molecule has 0 saturated carbocycles. The molecule has 3 aromatic rings. The normalized spacial score (nSPS) is 11.9. The monoisotopic (exact) mass is 437 g/mol. The van der Waals surface area contributed by atoms with Gasteiger partial charge in [0, 0.05) is 16.1 Å². The molecule has 1 heterocycles. The van der Waals surface area contributed by atoms with Crippen molar-refractivity contribution in [2.45, 2.75) is 11.8 Å². The summed E-state index contributed by atoms with van der Waals surface area (Å²) in [6.07, 6.45) is 0. The van der Waals surface area contributed by atoms with Crippen LogP contribution in [-0.2, 0) is 10.0 Å². The second-order valence-electron chi connectivity index (χ2n) is 5.68. The second-order valence-corrected chi connectivity index (χ2v) is 7.59. The van der Waals surface area contributed by atoms with E-state index in [1.165, 1.54) is 13.0 Å². The Morgan fingerprint density at radius 1 is 1.04 bits per heavy atom. The van der Waals surface area contributed by atoms with E-state index in [2.05, 4.69) is 5.10 Å². The van der Waals surface area contributed by atoms with Gasteiger partial charge in [-0.2, -0.15) is 8.78 Å². The molecule has 0 aliphatic heterocycles. The molecule has 1 aromatic heterocycles. The zero-order valence-corrected chi connectivity index (χ0v) is 15.3. The summed E-state index contributed by atoms with van der Waals surface area (Å²) in [5, 5.41) is 7.99. The molecule has 28 heavy (non-hydrogen) atoms. The van der Waals surface area contributed by atoms with Crippen molar-refractivity contribution in [3.05, 3.63) is 64.1 Å². The number of hydrogen-bond acceptors (Lipinski definition) is 3. The van der Waals surface area contributed by atoms with Crippen LogP contribution in [0, 0.1) is 36.1 Å². The van der Waals surface area contributed by atoms with Crippen LogP contribution in [0.4, 0.5) is 22.0 Å². The molecule has 0 aliphatic rings. The van der Waals surface area contributed by atoms with Gasteiger partial charge in [-0.3, -0.25) is 0 Å². The Labute approximate surface area is 160 Å². The molecule has 0 atom stereocenters. The van der Waals surface area contributed by atoms with Crippen molar-refractivity contribution >= 4 is 21.6 Å². The highest BCUT2D eigenvalue weighted by atomic mass is 35.5. The lowest BCUT2D eigenvalue weighted by atomic mass is 10.1. The molecule has 12 heteroatoms. The number of rotatable bonds is 3. The molecule has 2 N–H and O–H groups in total. The highest BCUT2D eigenvalue weighted by Crippen LogP contribution is 2.33. The maximum atomic E-state index is 14.5. The molecular weight excluding hydrogens is 429 g/mol. The highest BCUT2D eigenvalue weighted by Gasteiger charge is 2.27. The molecule has 0 unspecified atom stereocenters. The lowest BCUT2D eigenvalue weighted by Gasteiger charge is -2.12. The third-order valence-electron chi connectivity index (χ3n) is 3.87. The van der Waals surface area contributed by atoms with Crippen molar-refractivity contribution in [1.82, 2.24) is 9.78 Å². The first-order valence-corrected chi connectivity index (χ1v) is 9.27. The Kier molecular flexibility index (Phi) is 4.94. The van der Waals surface area contributed by atoms with Crippen LogP contribution in [0.15, 0.2) is 29.2 Å². The van der Waals surface area contributed by atoms with E-state index >= 15 is 0 Å². The molecule has 148 valence electrons. The molecule has 0 aliphatic carbocycles. The van der Waals surface area contributed by atoms with Gasteiger partial charge in [0.25, 0.3) is 5.95 Å². The molecule has 0 bridgehead atoms. The maximum Gasteiger partial charge on any atom is 0.269 e. The first kappa shape index (κ1) is 20.2. The molecule has 2 aromatic carbocycles. The van der Waals surface area contributed by atoms with Crippen LogP contribution in [-0.4, -0.2) is 18.2 Å². The third kappa shape index (κ3) is 3.25. The number of primary sulfonamides is 1. The standard InChI is InChI=1S/C16H9ClF5N3O2S/c1-6-8(17)2-3-11(12(6)20)25-14(13(21)16(22)24-25)7-4-9(18)15(10(19)5-7)28(23,26)27/h2-5H,1H3,(H2,23,26,27). The van der Waals surface area contributed by atoms with Crippen molar-refractivity contribution < 1.29 is 30.4 Å². The fourth-order valence-corrected chi connectivity index (χ4v) is 3.38. The summed E-state index contributed by atoms with van der Waals surface area (Å²) < 4.78 is 93.9. The van der Waals surface area contributed by atoms with Crippen molar-refractivity contribution in [3.8, 4) is 16.9 Å². The first-order valence-electron chi connectivity index (χ1n) is 7.34. The van der Waals surface area contributed by atoms with Gasteiger partial charge in [-0.15, -0.1) is 5.10 Å². The van der Waals surface area contributed by atoms with Gasteiger partial charge in [0.1, 0.15) is 23.0 Å². The zero-order valence-electron chi connectivity index (χ0n) is 13.8. The number of nitrogens with zero attached hydrogens (tertiary/aromatic N) is 2. The minimum Gasteiger partial charge on any atom is -0.224 e. The Morgan fingerprint density at radius 3 is 2.14 bits per heavy atom. The Balaban J connectivity index is 2.33. The molecule has 0 fully saturated rings. The van der Waals surface area contributed by atoms with Gasteiger partial charge in [-0.25, -0.2) is 31.4 Å². The minimum atomic E-state index is -4.76. The van der Waals surface area contributed by atoms with Crippen molar-refractivity contribution in [2.24, 2.45) is 5.14 Å². The summed E-state index contributed by atoms with van der Waals surface area (Å²) in [7, 11) is -4.76. The van der Waals surface area contributed by atoms with E-state index in [1.807, 2.05) is 0 Å². The van der Waals surface area contributed by atoms with Crippen LogP contribution >= 0.6 is 11.6 Å². The zero-order chi connectivity index (χ0) is 21.0. The molecule has 3 rings (SSSR count). The van der Waals surface area contributed by atoms with Crippen LogP contribution in [0.1, 0.15) is 5.56 Å². The van der Waals surface area contributed by atoms with Gasteiger partial charge in [0.2, 0.25) is 15.8 Å². The Hall–Kier alpha value is -2.50. The van der Waals surface area contributed by atoms with E-state index in [0.717, 1.165) is 6.07 Å². The number of nitrogens with two attached hydrogens (primary N) is 1. The van der Waals surface area contributed by atoms with E-state index in [4.69, 9.17) is 16.7 Å². The molecule has 0 spiro atoms. The summed E-state index contributed by atoms with van der Waals surface area (Å²) in [4.78, 5) is -1.45. The Bertz CT molecular complexity index is 1200. The summed E-state index contributed by atoms with van der Waals surface area (Å²) in [5.41, 5.74) is -1.97. The number of aromatic nitrogens is 2. The number of sulfonamides is 1. The smallest absolute Gasteiger partial charge is 0.224 e. The number of benzene rings is 2. The topological polar surface area (TPSA) is 78.0 Å². The van der Waals surface area contributed by atoms with Gasteiger partial charge in [-0.1, -0.05) is 11.6 Å². The quantitative estimate of drug-likeness (QED) is 0.632. The summed E-state index contributed by atoms with van der Waals surface area (Å²) in [5.74, 6) is -7.55. The van der Waals surface area contributed by atoms with Crippen LogP contribution in [0.3, 0.4) is 0 Å². The van der Waals surface area contributed by atoms with E-state index in [9.17, 15) is 30.4 Å². The third-order valence-corrected chi connectivity index (χ3v) is 5.24. The lowest BCUT2D eigenvalue weighted by molar-refractivity contribution is 0.487. The van der Waals surface area contributed by atoms with Crippen LogP contribution in [0.2, 0.25) is 5.02 Å². The fourth-order valence-electron chi connectivity index (χ4n) is 2.57. The van der Waals surface area contributed by atoms with E-state index in [-0.39, 0.29) is 10.6 Å². The molecule has 5 nitrogen and oxygen atoms in total. The molecular formula is C16H9ClF5N3O2S. The van der Waals surface area contributed by atoms with Crippen LogP contribution < -0.4 is 5.14 Å². The Morgan fingerprint density at radius 2 is 1.61 bits per heavy atom. The van der Waals surface area contributed by atoms with E-state index in [1.54, 1.807) is 0 Å². The van der Waals surface area contributed by atoms with E-state index < -0.39 is 61.1 Å². The van der Waals surface area contributed by atoms with Gasteiger partial charge in [0.05, 0.1) is 0 Å². The summed E-state index contributed by atoms with van der Waals surface area (Å²) in [6, 6.07) is 3.13. The van der Waals surface area contributed by atoms with Crippen LogP contribution in [0.5, 0.6) is 0 Å². The van der Waals surface area contributed by atoms with Gasteiger partial charge >= 0.3 is 0 Å². The highest BCUT2D eigenvalue weighted by molar-refractivity contribution is 7.89. The summed E-state index contributed by atoms with van der Waals surface area (Å²) >= 11 is 5.78. The second kappa shape index (κ2) is 6.83. The number of halogens is 6. The SMILES string of the molecule is Cc1c(Cl)ccc(-n2nc(F)c(F)c2-c2cc(F)c(S(N)(=O)=O)c(F)c2)c1F. The first-order chi connectivity index (χ1) is 12.9. The molecule has 0 radical (unpaired) electrons. The fraction of sp³-hybridized carbons (Fsp3) is 0.0625. The minimum absolute atomic E-state index is 0.0329. The van der Waals surface area contributed by atoms with Crippen molar-refractivity contribution in [2.75, 3.05) is 0 Å². The average Bonchev–Trinajstić information content (AvgIpc) is 2.86. The number of hydrogen-bond donors (Lipinski definition) is 1. The van der Waals surface area contributed by atoms with Gasteiger partial charge in [0.15, 0.2) is 10.7 Å². The largest absolute Gasteiger partial charge is 0.269 e. The van der Waals surface area contributed by atoms with Gasteiger partial charge in [-0.05, 0) is 31.2 Å². The van der Waals surface area contributed by atoms with E-state index in [0.29, 0.717) is 16.8 Å². The lowest BCUT2D eigenvalue weighted by Crippen LogP contribution is -2.16. The molecule has 0 amide bonds. The predicted octanol–water partition coefficient (Wildman–Crippen LogP) is 3.84. The van der Waals surface area contributed by atoms with Crippen molar-refractivity contribution in [1.29, 1.82) is 0 Å². The average molecular weight is 438 g/mol. The van der Waals surface area contributed by atoms with Crippen LogP contribution in [0.25, 0.3) is 16.9 Å². The molecule has 0 saturated heterocycles. The van der Waals surface area contributed by atoms with Crippen molar-refractivity contribution in [3.63, 3.8) is 0 Å².